The molecule has 0 aliphatic carbocycles. The van der Waals surface area contributed by atoms with E-state index in [1.165, 1.54) is 0 Å². The molecular weight excluding hydrogens is 238 g/mol. The molecule has 0 spiro atoms. The lowest BCUT2D eigenvalue weighted by molar-refractivity contribution is -0.127. The highest BCUT2D eigenvalue weighted by Crippen LogP contribution is 2.25. The lowest BCUT2D eigenvalue weighted by Crippen LogP contribution is -2.35. The normalized spacial score (nSPS) is 13.4. The van der Waals surface area contributed by atoms with E-state index in [0.717, 1.165) is 5.56 Å². The Balaban J connectivity index is 2.65. The van der Waals surface area contributed by atoms with Crippen LogP contribution < -0.4 is 5.73 Å². The van der Waals surface area contributed by atoms with Gasteiger partial charge in [0.15, 0.2) is 0 Å². The summed E-state index contributed by atoms with van der Waals surface area (Å²) in [6, 6.07) is 7.35. The highest BCUT2D eigenvalue weighted by atomic mass is 35.5. The number of halogens is 1. The van der Waals surface area contributed by atoms with Crippen LogP contribution in [0.25, 0.3) is 0 Å². The zero-order chi connectivity index (χ0) is 13.1. The molecule has 3 N–H and O–H groups in total. The number of primary amides is 1. The van der Waals surface area contributed by atoms with E-state index in [0.29, 0.717) is 17.9 Å². The minimum Gasteiger partial charge on any atom is -0.393 e. The van der Waals surface area contributed by atoms with Crippen molar-refractivity contribution in [3.8, 4) is 0 Å². The Bertz CT molecular complexity index is 404. The van der Waals surface area contributed by atoms with Gasteiger partial charge >= 0.3 is 0 Å². The van der Waals surface area contributed by atoms with Gasteiger partial charge in [0.2, 0.25) is 5.91 Å². The zero-order valence-electron chi connectivity index (χ0n) is 10.1. The maximum Gasteiger partial charge on any atom is 0.223 e. The van der Waals surface area contributed by atoms with Crippen molar-refractivity contribution in [3.63, 3.8) is 0 Å². The monoisotopic (exact) mass is 255 g/mol. The van der Waals surface area contributed by atoms with Gasteiger partial charge in [0.1, 0.15) is 0 Å². The zero-order valence-corrected chi connectivity index (χ0v) is 10.9. The van der Waals surface area contributed by atoms with Gasteiger partial charge in [-0.05, 0) is 24.5 Å². The third kappa shape index (κ3) is 4.02. The van der Waals surface area contributed by atoms with Gasteiger partial charge in [0.05, 0.1) is 6.10 Å². The highest BCUT2D eigenvalue weighted by molar-refractivity contribution is 6.31. The molecule has 0 radical (unpaired) electrons. The van der Waals surface area contributed by atoms with Crippen LogP contribution in [0.5, 0.6) is 0 Å². The van der Waals surface area contributed by atoms with Crippen LogP contribution >= 0.6 is 11.6 Å². The number of aliphatic hydroxyl groups is 1. The first-order valence-electron chi connectivity index (χ1n) is 5.54. The van der Waals surface area contributed by atoms with Gasteiger partial charge in [-0.1, -0.05) is 43.6 Å². The molecule has 0 heterocycles. The molecule has 0 bridgehead atoms. The van der Waals surface area contributed by atoms with E-state index in [2.05, 4.69) is 0 Å². The molecule has 94 valence electrons. The van der Waals surface area contributed by atoms with Crippen LogP contribution in [0, 0.1) is 5.41 Å². The molecule has 0 saturated heterocycles. The van der Waals surface area contributed by atoms with Crippen LogP contribution in [-0.4, -0.2) is 17.1 Å². The predicted octanol–water partition coefficient (Wildman–Crippen LogP) is 2.15. The second kappa shape index (κ2) is 5.52. The Hall–Kier alpha value is -1.06. The number of carbonyl (C=O) groups excluding carboxylic acids is 1. The molecule has 4 heteroatoms. The highest BCUT2D eigenvalue weighted by Gasteiger charge is 2.28. The molecule has 1 amide bonds. The summed E-state index contributed by atoms with van der Waals surface area (Å²) < 4.78 is 0. The molecular formula is C13H18ClNO2. The van der Waals surface area contributed by atoms with Gasteiger partial charge in [-0.2, -0.15) is 0 Å². The maximum absolute atomic E-state index is 11.2. The number of benzene rings is 1. The lowest BCUT2D eigenvalue weighted by Gasteiger charge is -2.24. The minimum absolute atomic E-state index is 0.327. The van der Waals surface area contributed by atoms with Crippen molar-refractivity contribution < 1.29 is 9.90 Å². The second-order valence-corrected chi connectivity index (χ2v) is 5.31. The standard InChI is InChI=1S/C13H18ClNO2/c1-13(2,12(15)17)8-10(16)7-9-5-3-4-6-11(9)14/h3-6,10,16H,7-8H2,1-2H3,(H2,15,17). The topological polar surface area (TPSA) is 63.3 Å². The summed E-state index contributed by atoms with van der Waals surface area (Å²) >= 11 is 6.00. The minimum atomic E-state index is -0.708. The molecule has 0 aliphatic rings. The first-order chi connectivity index (χ1) is 7.83. The van der Waals surface area contributed by atoms with Gasteiger partial charge in [-0.25, -0.2) is 0 Å². The Morgan fingerprint density at radius 1 is 1.47 bits per heavy atom. The van der Waals surface area contributed by atoms with Gasteiger partial charge in [0, 0.05) is 10.4 Å². The van der Waals surface area contributed by atoms with Crippen molar-refractivity contribution in [3.05, 3.63) is 34.9 Å². The summed E-state index contributed by atoms with van der Waals surface area (Å²) in [6.45, 7) is 3.45. The average molecular weight is 256 g/mol. The Labute approximate surface area is 107 Å². The number of rotatable bonds is 5. The number of carbonyl (C=O) groups is 1. The molecule has 1 rings (SSSR count). The summed E-state index contributed by atoms with van der Waals surface area (Å²) in [4.78, 5) is 11.2. The van der Waals surface area contributed by atoms with E-state index in [9.17, 15) is 9.90 Å². The van der Waals surface area contributed by atoms with Crippen LogP contribution in [0.4, 0.5) is 0 Å². The van der Waals surface area contributed by atoms with Gasteiger partial charge in [-0.15, -0.1) is 0 Å². The Kier molecular flexibility index (Phi) is 4.54. The summed E-state index contributed by atoms with van der Waals surface area (Å²) in [5.41, 5.74) is 5.43. The maximum atomic E-state index is 11.2. The van der Waals surface area contributed by atoms with Gasteiger partial charge < -0.3 is 10.8 Å². The fourth-order valence-electron chi connectivity index (χ4n) is 1.68. The van der Waals surface area contributed by atoms with Crippen molar-refractivity contribution in [2.75, 3.05) is 0 Å². The van der Waals surface area contributed by atoms with Crippen molar-refractivity contribution in [2.24, 2.45) is 11.1 Å². The van der Waals surface area contributed by atoms with E-state index >= 15 is 0 Å². The Morgan fingerprint density at radius 2 is 2.06 bits per heavy atom. The van der Waals surface area contributed by atoms with Crippen LogP contribution in [-0.2, 0) is 11.2 Å². The number of hydrogen-bond acceptors (Lipinski definition) is 2. The predicted molar refractivity (Wildman–Crippen MR) is 68.8 cm³/mol. The SMILES string of the molecule is CC(C)(CC(O)Cc1ccccc1Cl)C(N)=O. The van der Waals surface area contributed by atoms with Gasteiger partial charge in [-0.3, -0.25) is 4.79 Å². The molecule has 1 unspecified atom stereocenters. The molecule has 0 fully saturated rings. The first-order valence-corrected chi connectivity index (χ1v) is 5.92. The van der Waals surface area contributed by atoms with Crippen molar-refractivity contribution in [2.45, 2.75) is 32.8 Å². The second-order valence-electron chi connectivity index (χ2n) is 4.90. The van der Waals surface area contributed by atoms with Crippen LogP contribution in [0.3, 0.4) is 0 Å². The molecule has 1 atom stereocenters. The van der Waals surface area contributed by atoms with Crippen LogP contribution in [0.2, 0.25) is 5.02 Å². The summed E-state index contributed by atoms with van der Waals surface area (Å²) in [5, 5.41) is 10.6. The van der Waals surface area contributed by atoms with Crippen LogP contribution in [0.15, 0.2) is 24.3 Å². The number of nitrogens with two attached hydrogens (primary N) is 1. The number of hydrogen-bond donors (Lipinski definition) is 2. The summed E-state index contributed by atoms with van der Waals surface area (Å²) in [5.74, 6) is -0.407. The molecule has 0 aliphatic heterocycles. The largest absolute Gasteiger partial charge is 0.393 e. The molecule has 3 nitrogen and oxygen atoms in total. The van der Waals surface area contributed by atoms with Crippen LogP contribution in [0.1, 0.15) is 25.8 Å². The molecule has 17 heavy (non-hydrogen) atoms. The fraction of sp³-hybridized carbons (Fsp3) is 0.462. The van der Waals surface area contributed by atoms with E-state index < -0.39 is 17.4 Å². The smallest absolute Gasteiger partial charge is 0.223 e. The molecule has 1 aromatic carbocycles. The molecule has 0 saturated carbocycles. The van der Waals surface area contributed by atoms with E-state index in [1.807, 2.05) is 18.2 Å². The van der Waals surface area contributed by atoms with Gasteiger partial charge in [0.25, 0.3) is 0 Å². The third-order valence-corrected chi connectivity index (χ3v) is 3.20. The summed E-state index contributed by atoms with van der Waals surface area (Å²) in [7, 11) is 0. The molecule has 0 aromatic heterocycles. The first kappa shape index (κ1) is 14.0. The fourth-order valence-corrected chi connectivity index (χ4v) is 1.89. The van der Waals surface area contributed by atoms with E-state index in [4.69, 9.17) is 17.3 Å². The quantitative estimate of drug-likeness (QED) is 0.847. The number of amides is 1. The van der Waals surface area contributed by atoms with Crippen molar-refractivity contribution >= 4 is 17.5 Å². The number of aliphatic hydroxyl groups excluding tert-OH is 1. The van der Waals surface area contributed by atoms with E-state index in [1.54, 1.807) is 19.9 Å². The van der Waals surface area contributed by atoms with Crippen molar-refractivity contribution in [1.82, 2.24) is 0 Å². The van der Waals surface area contributed by atoms with Crippen molar-refractivity contribution in [1.29, 1.82) is 0 Å². The third-order valence-electron chi connectivity index (χ3n) is 2.83. The lowest BCUT2D eigenvalue weighted by atomic mass is 9.84. The Morgan fingerprint density at radius 3 is 2.59 bits per heavy atom. The molecule has 1 aromatic rings. The summed E-state index contributed by atoms with van der Waals surface area (Å²) in [6.07, 6.45) is 0.127. The average Bonchev–Trinajstić information content (AvgIpc) is 2.20. The van der Waals surface area contributed by atoms with E-state index in [-0.39, 0.29) is 0 Å².